The van der Waals surface area contributed by atoms with Crippen molar-refractivity contribution in [3.63, 3.8) is 0 Å². The lowest BCUT2D eigenvalue weighted by molar-refractivity contribution is -0.145. The number of nitrogens with zero attached hydrogens (tertiary/aromatic N) is 2. The van der Waals surface area contributed by atoms with Crippen molar-refractivity contribution in [1.29, 1.82) is 0 Å². The van der Waals surface area contributed by atoms with Gasteiger partial charge in [-0.15, -0.1) is 0 Å². The summed E-state index contributed by atoms with van der Waals surface area (Å²) in [5, 5.41) is 0. The fraction of sp³-hybridized carbons (Fsp3) is 0.667. The van der Waals surface area contributed by atoms with Crippen molar-refractivity contribution >= 4 is 21.7 Å². The Kier molecular flexibility index (Phi) is 4.02. The van der Waals surface area contributed by atoms with Gasteiger partial charge < -0.3 is 14.4 Å². The Labute approximate surface area is 128 Å². The Balaban J connectivity index is 1.83. The van der Waals surface area contributed by atoms with Gasteiger partial charge in [-0.3, -0.25) is 0 Å². The predicted octanol–water partition coefficient (Wildman–Crippen LogP) is 2.93. The topological polar surface area (TPSA) is 34.6 Å². The highest BCUT2D eigenvalue weighted by Crippen LogP contribution is 2.33. The van der Waals surface area contributed by atoms with Gasteiger partial charge in [0.25, 0.3) is 0 Å². The molecule has 1 spiro atoms. The van der Waals surface area contributed by atoms with Crippen LogP contribution < -0.4 is 4.90 Å². The third kappa shape index (κ3) is 2.85. The summed E-state index contributed by atoms with van der Waals surface area (Å²) in [4.78, 5) is 7.06. The fourth-order valence-electron chi connectivity index (χ4n) is 3.12. The van der Waals surface area contributed by atoms with E-state index in [9.17, 15) is 0 Å². The number of pyridine rings is 1. The van der Waals surface area contributed by atoms with E-state index in [2.05, 4.69) is 39.9 Å². The maximum Gasteiger partial charge on any atom is 0.129 e. The summed E-state index contributed by atoms with van der Waals surface area (Å²) in [7, 11) is 0. The molecule has 20 heavy (non-hydrogen) atoms. The number of rotatable bonds is 1. The van der Waals surface area contributed by atoms with Crippen LogP contribution in [0.1, 0.15) is 25.5 Å². The summed E-state index contributed by atoms with van der Waals surface area (Å²) in [6.07, 6.45) is 2.18. The summed E-state index contributed by atoms with van der Waals surface area (Å²) in [5.41, 5.74) is 0.973. The number of halogens is 1. The zero-order chi connectivity index (χ0) is 14.2. The standard InChI is InChI=1S/C15H21BrN2O2/c1-11-9-18(14-4-3-13(16)12(2)17-14)10-15(20-11)5-7-19-8-6-15/h3-4,11H,5-10H2,1-2H3/t11-/m0/s1. The molecule has 0 saturated carbocycles. The van der Waals surface area contributed by atoms with Crippen LogP contribution in [-0.2, 0) is 9.47 Å². The quantitative estimate of drug-likeness (QED) is 0.787. The number of hydrogen-bond acceptors (Lipinski definition) is 4. The van der Waals surface area contributed by atoms with Crippen LogP contribution in [0, 0.1) is 6.92 Å². The minimum Gasteiger partial charge on any atom is -0.381 e. The van der Waals surface area contributed by atoms with E-state index in [-0.39, 0.29) is 11.7 Å². The van der Waals surface area contributed by atoms with Crippen LogP contribution in [0.5, 0.6) is 0 Å². The van der Waals surface area contributed by atoms with Gasteiger partial charge in [0.05, 0.1) is 17.4 Å². The molecule has 1 aromatic heterocycles. The molecule has 1 aromatic rings. The van der Waals surface area contributed by atoms with Gasteiger partial charge in [-0.2, -0.15) is 0 Å². The highest BCUT2D eigenvalue weighted by Gasteiger charge is 2.41. The second-order valence-electron chi connectivity index (χ2n) is 5.84. The molecule has 2 saturated heterocycles. The molecule has 2 aliphatic heterocycles. The molecule has 1 atom stereocenters. The molecule has 0 aliphatic carbocycles. The predicted molar refractivity (Wildman–Crippen MR) is 82.2 cm³/mol. The number of ether oxygens (including phenoxy) is 2. The van der Waals surface area contributed by atoms with Gasteiger partial charge >= 0.3 is 0 Å². The van der Waals surface area contributed by atoms with Crippen LogP contribution in [0.15, 0.2) is 16.6 Å². The lowest BCUT2D eigenvalue weighted by Gasteiger charge is -2.47. The first-order chi connectivity index (χ1) is 9.58. The maximum absolute atomic E-state index is 6.26. The molecule has 110 valence electrons. The molecule has 0 aromatic carbocycles. The molecular formula is C15H21BrN2O2. The first-order valence-corrected chi connectivity index (χ1v) is 8.01. The minimum atomic E-state index is -0.0570. The summed E-state index contributed by atoms with van der Waals surface area (Å²) < 4.78 is 12.8. The van der Waals surface area contributed by atoms with Gasteiger partial charge in [0, 0.05) is 43.6 Å². The van der Waals surface area contributed by atoms with Gasteiger partial charge in [0.15, 0.2) is 0 Å². The van der Waals surface area contributed by atoms with Crippen LogP contribution in [0.2, 0.25) is 0 Å². The van der Waals surface area contributed by atoms with Crippen LogP contribution >= 0.6 is 15.9 Å². The van der Waals surface area contributed by atoms with E-state index < -0.39 is 0 Å². The largest absolute Gasteiger partial charge is 0.381 e. The molecule has 0 unspecified atom stereocenters. The Hall–Kier alpha value is -0.650. The van der Waals surface area contributed by atoms with Crippen LogP contribution in [0.4, 0.5) is 5.82 Å². The smallest absolute Gasteiger partial charge is 0.129 e. The normalized spacial score (nSPS) is 25.9. The molecule has 0 amide bonds. The Morgan fingerprint density at radius 2 is 2.10 bits per heavy atom. The van der Waals surface area contributed by atoms with Crippen molar-refractivity contribution in [3.05, 3.63) is 22.3 Å². The van der Waals surface area contributed by atoms with Gasteiger partial charge in [-0.05, 0) is 41.9 Å². The van der Waals surface area contributed by atoms with E-state index in [1.54, 1.807) is 0 Å². The Morgan fingerprint density at radius 1 is 1.35 bits per heavy atom. The van der Waals surface area contributed by atoms with Gasteiger partial charge in [-0.1, -0.05) is 0 Å². The zero-order valence-corrected chi connectivity index (χ0v) is 13.6. The molecule has 2 fully saturated rings. The van der Waals surface area contributed by atoms with Crippen molar-refractivity contribution in [1.82, 2.24) is 4.98 Å². The van der Waals surface area contributed by atoms with Gasteiger partial charge in [-0.25, -0.2) is 4.98 Å². The van der Waals surface area contributed by atoms with E-state index in [1.165, 1.54) is 0 Å². The Morgan fingerprint density at radius 3 is 2.80 bits per heavy atom. The second kappa shape index (κ2) is 5.62. The Bertz CT molecular complexity index is 489. The van der Waals surface area contributed by atoms with Crippen LogP contribution in [0.3, 0.4) is 0 Å². The highest BCUT2D eigenvalue weighted by atomic mass is 79.9. The average Bonchev–Trinajstić information content (AvgIpc) is 2.42. The summed E-state index contributed by atoms with van der Waals surface area (Å²) >= 11 is 3.51. The molecule has 0 N–H and O–H groups in total. The monoisotopic (exact) mass is 340 g/mol. The van der Waals surface area contributed by atoms with Crippen LogP contribution in [-0.4, -0.2) is 43.0 Å². The van der Waals surface area contributed by atoms with Crippen molar-refractivity contribution in [2.45, 2.75) is 38.4 Å². The number of aryl methyl sites for hydroxylation is 1. The molecule has 2 aliphatic rings. The summed E-state index contributed by atoms with van der Waals surface area (Å²) in [5.74, 6) is 1.05. The van der Waals surface area contributed by atoms with E-state index in [0.29, 0.717) is 0 Å². The molecular weight excluding hydrogens is 320 g/mol. The lowest BCUT2D eigenvalue weighted by atomic mass is 9.91. The first-order valence-electron chi connectivity index (χ1n) is 7.22. The van der Waals surface area contributed by atoms with E-state index >= 15 is 0 Å². The van der Waals surface area contributed by atoms with Crippen molar-refractivity contribution < 1.29 is 9.47 Å². The average molecular weight is 341 g/mol. The molecule has 5 heteroatoms. The fourth-order valence-corrected chi connectivity index (χ4v) is 3.35. The maximum atomic E-state index is 6.26. The lowest BCUT2D eigenvalue weighted by Crippen LogP contribution is -2.57. The number of morpholine rings is 1. The molecule has 0 radical (unpaired) electrons. The van der Waals surface area contributed by atoms with E-state index in [4.69, 9.17) is 14.5 Å². The SMILES string of the molecule is Cc1nc(N2C[C@H](C)OC3(CCOCC3)C2)ccc1Br. The number of anilines is 1. The van der Waals surface area contributed by atoms with Crippen molar-refractivity contribution in [2.75, 3.05) is 31.2 Å². The van der Waals surface area contributed by atoms with Crippen molar-refractivity contribution in [3.8, 4) is 0 Å². The minimum absolute atomic E-state index is 0.0570. The number of hydrogen-bond donors (Lipinski definition) is 0. The van der Waals surface area contributed by atoms with Gasteiger partial charge in [0.1, 0.15) is 5.82 Å². The molecule has 4 nitrogen and oxygen atoms in total. The van der Waals surface area contributed by atoms with Gasteiger partial charge in [0.2, 0.25) is 0 Å². The third-order valence-corrected chi connectivity index (χ3v) is 4.98. The highest BCUT2D eigenvalue weighted by molar-refractivity contribution is 9.10. The summed E-state index contributed by atoms with van der Waals surface area (Å²) in [6.45, 7) is 7.59. The summed E-state index contributed by atoms with van der Waals surface area (Å²) in [6, 6.07) is 4.16. The molecule has 3 heterocycles. The van der Waals surface area contributed by atoms with Crippen LogP contribution in [0.25, 0.3) is 0 Å². The van der Waals surface area contributed by atoms with Crippen molar-refractivity contribution in [2.24, 2.45) is 0 Å². The third-order valence-electron chi connectivity index (χ3n) is 4.14. The number of aromatic nitrogens is 1. The van der Waals surface area contributed by atoms with E-state index in [0.717, 1.165) is 55.1 Å². The molecule has 0 bridgehead atoms. The first kappa shape index (κ1) is 14.3. The molecule has 3 rings (SSSR count). The van der Waals surface area contributed by atoms with E-state index in [1.807, 2.05) is 6.92 Å². The zero-order valence-electron chi connectivity index (χ0n) is 12.1. The second-order valence-corrected chi connectivity index (χ2v) is 6.70.